The lowest BCUT2D eigenvalue weighted by atomic mass is 9.86. The van der Waals surface area contributed by atoms with Crippen molar-refractivity contribution in [2.45, 2.75) is 79.2 Å². The van der Waals surface area contributed by atoms with E-state index in [1.807, 2.05) is 13.8 Å². The number of amides is 1. The lowest BCUT2D eigenvalue weighted by Gasteiger charge is -2.25. The van der Waals surface area contributed by atoms with Crippen LogP contribution in [0, 0.1) is 19.8 Å². The zero-order valence-electron chi connectivity index (χ0n) is 27.0. The van der Waals surface area contributed by atoms with Crippen LogP contribution in [0.2, 0.25) is 0 Å². The van der Waals surface area contributed by atoms with Gasteiger partial charge in [-0.05, 0) is 64.5 Å². The molecule has 6 heteroatoms. The molecule has 6 nitrogen and oxygen atoms in total. The summed E-state index contributed by atoms with van der Waals surface area (Å²) < 4.78 is 0. The minimum Gasteiger partial charge on any atom is -0.333 e. The average molecular weight is 597 g/mol. The van der Waals surface area contributed by atoms with E-state index in [-0.39, 0.29) is 54.7 Å². The lowest BCUT2D eigenvalue weighted by Crippen LogP contribution is -2.42. The van der Waals surface area contributed by atoms with Crippen LogP contribution in [0.25, 0.3) is 0 Å². The molecule has 0 aliphatic carbocycles. The molecule has 0 atom stereocenters. The Morgan fingerprint density at radius 1 is 0.727 bits per heavy atom. The first-order chi connectivity index (χ1) is 21.1. The van der Waals surface area contributed by atoms with Crippen molar-refractivity contribution in [3.8, 4) is 0 Å². The number of nitrogens with zero attached hydrogens (tertiary/aromatic N) is 1. The molecule has 0 aliphatic heterocycles. The van der Waals surface area contributed by atoms with E-state index in [2.05, 4.69) is 67.7 Å². The number of rotatable bonds is 18. The minimum absolute atomic E-state index is 0.0421. The molecule has 3 aromatic carbocycles. The first-order valence-electron chi connectivity index (χ1n) is 15.9. The molecule has 0 bridgehead atoms. The monoisotopic (exact) mass is 596 g/mol. The van der Waals surface area contributed by atoms with Gasteiger partial charge in [0.2, 0.25) is 5.91 Å². The Labute approximate surface area is 263 Å². The summed E-state index contributed by atoms with van der Waals surface area (Å²) in [5.41, 5.74) is 6.07. The van der Waals surface area contributed by atoms with Crippen LogP contribution in [0.4, 0.5) is 0 Å². The number of aryl methyl sites for hydroxylation is 4. The zero-order valence-corrected chi connectivity index (χ0v) is 27.0. The van der Waals surface area contributed by atoms with Crippen LogP contribution in [0.3, 0.4) is 0 Å². The van der Waals surface area contributed by atoms with Gasteiger partial charge in [-0.15, -0.1) is 0 Å². The van der Waals surface area contributed by atoms with Crippen LogP contribution < -0.4 is 5.32 Å². The average Bonchev–Trinajstić information content (AvgIpc) is 3.02. The molecule has 3 rings (SSSR count). The highest BCUT2D eigenvalue weighted by molar-refractivity contribution is 6.00. The predicted octanol–water partition coefficient (Wildman–Crippen LogP) is 6.75. The number of carbonyl (C=O) groups is 4. The number of hydrogen-bond acceptors (Lipinski definition) is 5. The van der Waals surface area contributed by atoms with Gasteiger partial charge in [-0.2, -0.15) is 0 Å². The molecule has 0 heterocycles. The fourth-order valence-corrected chi connectivity index (χ4v) is 5.24. The van der Waals surface area contributed by atoms with E-state index in [9.17, 15) is 19.2 Å². The van der Waals surface area contributed by atoms with Gasteiger partial charge in [-0.3, -0.25) is 19.2 Å². The van der Waals surface area contributed by atoms with Crippen molar-refractivity contribution in [1.29, 1.82) is 0 Å². The number of hydrogen-bond donors (Lipinski definition) is 1. The van der Waals surface area contributed by atoms with Crippen molar-refractivity contribution in [2.75, 3.05) is 19.6 Å². The number of ketones is 3. The molecule has 0 spiro atoms. The lowest BCUT2D eigenvalue weighted by molar-refractivity contribution is -0.136. The second-order valence-electron chi connectivity index (χ2n) is 12.0. The summed E-state index contributed by atoms with van der Waals surface area (Å²) in [6, 6.07) is 23.9. The van der Waals surface area contributed by atoms with Crippen LogP contribution in [0.15, 0.2) is 72.8 Å². The first-order valence-corrected chi connectivity index (χ1v) is 15.9. The molecule has 0 aromatic heterocycles. The van der Waals surface area contributed by atoms with Crippen LogP contribution in [0.5, 0.6) is 0 Å². The zero-order chi connectivity index (χ0) is 32.1. The molecule has 0 aliphatic rings. The van der Waals surface area contributed by atoms with E-state index in [0.717, 1.165) is 25.7 Å². The summed E-state index contributed by atoms with van der Waals surface area (Å²) >= 11 is 0. The Morgan fingerprint density at radius 2 is 1.23 bits per heavy atom. The maximum Gasteiger partial charge on any atom is 0.222 e. The summed E-state index contributed by atoms with van der Waals surface area (Å²) in [6.45, 7) is 10.2. The van der Waals surface area contributed by atoms with Crippen LogP contribution in [0.1, 0.15) is 89.4 Å². The van der Waals surface area contributed by atoms with Crippen molar-refractivity contribution < 1.29 is 19.2 Å². The SMILES string of the molecule is CCC(=O)N(CC(=O)CNCCC(=O)c1ccc(C(=O)C(CCc2ccc(C)cc2)CCc2ccc(C)cc2)cc1)C(C)C. The normalized spacial score (nSPS) is 11.2. The molecule has 44 heavy (non-hydrogen) atoms. The van der Waals surface area contributed by atoms with Gasteiger partial charge in [-0.25, -0.2) is 0 Å². The standard InChI is InChI=1S/C38H48N2O4/c1-6-37(43)40(27(2)3)26-35(41)25-39-24-23-36(42)32-19-21-34(22-20-32)38(44)33(17-15-30-11-7-28(4)8-12-30)18-16-31-13-9-29(5)10-14-31/h7-14,19-22,27,33,39H,6,15-18,23-26H2,1-5H3. The summed E-state index contributed by atoms with van der Waals surface area (Å²) in [4.78, 5) is 52.5. The van der Waals surface area contributed by atoms with Crippen LogP contribution in [-0.4, -0.2) is 53.8 Å². The molecule has 234 valence electrons. The molecule has 0 radical (unpaired) electrons. The van der Waals surface area contributed by atoms with Gasteiger partial charge < -0.3 is 10.2 Å². The maximum atomic E-state index is 13.7. The van der Waals surface area contributed by atoms with Gasteiger partial charge >= 0.3 is 0 Å². The number of benzene rings is 3. The fraction of sp³-hybridized carbons (Fsp3) is 0.421. The van der Waals surface area contributed by atoms with E-state index in [0.29, 0.717) is 24.1 Å². The van der Waals surface area contributed by atoms with E-state index < -0.39 is 0 Å². The smallest absolute Gasteiger partial charge is 0.222 e. The summed E-state index contributed by atoms with van der Waals surface area (Å²) in [5.74, 6) is -0.200. The van der Waals surface area contributed by atoms with Gasteiger partial charge in [0.05, 0.1) is 13.1 Å². The van der Waals surface area contributed by atoms with E-state index >= 15 is 0 Å². The van der Waals surface area contributed by atoms with Gasteiger partial charge in [0, 0.05) is 42.5 Å². The number of Topliss-reactive ketones (excluding diaryl/α,β-unsaturated/α-hetero) is 3. The van der Waals surface area contributed by atoms with Crippen molar-refractivity contribution in [3.05, 3.63) is 106 Å². The van der Waals surface area contributed by atoms with Gasteiger partial charge in [0.15, 0.2) is 17.3 Å². The second kappa shape index (κ2) is 17.4. The first kappa shape index (κ1) is 34.6. The second-order valence-corrected chi connectivity index (χ2v) is 12.0. The van der Waals surface area contributed by atoms with Gasteiger partial charge in [0.25, 0.3) is 0 Å². The summed E-state index contributed by atoms with van der Waals surface area (Å²) in [5, 5.41) is 3.03. The third kappa shape index (κ3) is 11.0. The Balaban J connectivity index is 1.55. The molecule has 3 aromatic rings. The summed E-state index contributed by atoms with van der Waals surface area (Å²) in [7, 11) is 0. The third-order valence-corrected chi connectivity index (χ3v) is 8.11. The van der Waals surface area contributed by atoms with Crippen molar-refractivity contribution >= 4 is 23.3 Å². The molecule has 1 amide bonds. The fourth-order valence-electron chi connectivity index (χ4n) is 5.24. The summed E-state index contributed by atoms with van der Waals surface area (Å²) in [6.07, 6.45) is 3.79. The highest BCUT2D eigenvalue weighted by Crippen LogP contribution is 2.22. The Morgan fingerprint density at radius 3 is 1.70 bits per heavy atom. The molecular formula is C38H48N2O4. The molecular weight excluding hydrogens is 548 g/mol. The highest BCUT2D eigenvalue weighted by Gasteiger charge is 2.21. The van der Waals surface area contributed by atoms with Crippen molar-refractivity contribution in [1.82, 2.24) is 10.2 Å². The minimum atomic E-state index is -0.125. The Hall–Kier alpha value is -3.90. The third-order valence-electron chi connectivity index (χ3n) is 8.11. The van der Waals surface area contributed by atoms with E-state index in [4.69, 9.17) is 0 Å². The molecule has 1 N–H and O–H groups in total. The molecule has 0 saturated carbocycles. The largest absolute Gasteiger partial charge is 0.333 e. The highest BCUT2D eigenvalue weighted by atomic mass is 16.2. The van der Waals surface area contributed by atoms with E-state index in [1.165, 1.54) is 22.3 Å². The maximum absolute atomic E-state index is 13.7. The Bertz CT molecular complexity index is 1330. The van der Waals surface area contributed by atoms with Gasteiger partial charge in [-0.1, -0.05) is 90.8 Å². The van der Waals surface area contributed by atoms with Crippen molar-refractivity contribution in [2.24, 2.45) is 5.92 Å². The van der Waals surface area contributed by atoms with Crippen LogP contribution in [-0.2, 0) is 22.4 Å². The van der Waals surface area contributed by atoms with Crippen molar-refractivity contribution in [3.63, 3.8) is 0 Å². The quantitative estimate of drug-likeness (QED) is 0.130. The van der Waals surface area contributed by atoms with E-state index in [1.54, 1.807) is 36.1 Å². The predicted molar refractivity (Wildman–Crippen MR) is 177 cm³/mol. The Kier molecular flexibility index (Phi) is 13.7. The van der Waals surface area contributed by atoms with Gasteiger partial charge in [0.1, 0.15) is 0 Å². The molecule has 0 saturated heterocycles. The topological polar surface area (TPSA) is 83.6 Å². The molecule has 0 unspecified atom stereocenters. The number of carbonyl (C=O) groups excluding carboxylic acids is 4. The van der Waals surface area contributed by atoms with Crippen LogP contribution >= 0.6 is 0 Å². The molecule has 0 fully saturated rings. The number of nitrogens with one attached hydrogen (secondary N) is 1.